The highest BCUT2D eigenvalue weighted by Crippen LogP contribution is 2.23. The molecule has 2 aliphatic rings. The molecule has 2 aromatic heterocycles. The minimum atomic E-state index is 0.294. The largest absolute Gasteiger partial charge is 0.419 e. The van der Waals surface area contributed by atoms with Crippen molar-refractivity contribution in [2.24, 2.45) is 0 Å². The van der Waals surface area contributed by atoms with Gasteiger partial charge in [-0.3, -0.25) is 14.6 Å². The topological polar surface area (TPSA) is 65.7 Å². The van der Waals surface area contributed by atoms with Crippen molar-refractivity contribution in [3.8, 4) is 10.8 Å². The van der Waals surface area contributed by atoms with Gasteiger partial charge in [-0.05, 0) is 24.3 Å². The van der Waals surface area contributed by atoms with E-state index < -0.39 is 0 Å². The van der Waals surface area contributed by atoms with Crippen molar-refractivity contribution in [3.63, 3.8) is 0 Å². The molecule has 0 aliphatic carbocycles. The first-order valence-electron chi connectivity index (χ1n) is 9.87. The van der Waals surface area contributed by atoms with Gasteiger partial charge in [-0.1, -0.05) is 18.9 Å². The van der Waals surface area contributed by atoms with Crippen molar-refractivity contribution < 1.29 is 9.21 Å². The van der Waals surface area contributed by atoms with Crippen LogP contribution in [0, 0.1) is 0 Å². The standard InChI is InChI=1S/C19H27N5O2S/c25-18(24-7-3-1-2-4-8-24)15-23-11-9-22(10-12-23)14-17-20-21-19(26-17)16-6-5-13-27-16/h5-6,13H,1-4,7-12,14-15H2. The second-order valence-corrected chi connectivity index (χ2v) is 8.27. The van der Waals surface area contributed by atoms with Crippen LogP contribution in [0.15, 0.2) is 21.9 Å². The molecule has 0 aromatic carbocycles. The van der Waals surface area contributed by atoms with Crippen molar-refractivity contribution in [1.29, 1.82) is 0 Å². The molecule has 4 rings (SSSR count). The van der Waals surface area contributed by atoms with E-state index in [-0.39, 0.29) is 0 Å². The average molecular weight is 390 g/mol. The quantitative estimate of drug-likeness (QED) is 0.782. The lowest BCUT2D eigenvalue weighted by atomic mass is 10.2. The molecule has 146 valence electrons. The molecule has 1 amide bonds. The van der Waals surface area contributed by atoms with E-state index in [4.69, 9.17) is 4.42 Å². The summed E-state index contributed by atoms with van der Waals surface area (Å²) in [5.41, 5.74) is 0. The van der Waals surface area contributed by atoms with Crippen LogP contribution in [0.5, 0.6) is 0 Å². The third-order valence-electron chi connectivity index (χ3n) is 5.34. The lowest BCUT2D eigenvalue weighted by Crippen LogP contribution is -2.49. The molecule has 2 saturated heterocycles. The Morgan fingerprint density at radius 3 is 2.44 bits per heavy atom. The Bertz CT molecular complexity index is 716. The van der Waals surface area contributed by atoms with E-state index in [1.165, 1.54) is 12.8 Å². The van der Waals surface area contributed by atoms with Gasteiger partial charge in [-0.25, -0.2) is 0 Å². The van der Waals surface area contributed by atoms with E-state index in [9.17, 15) is 4.79 Å². The minimum absolute atomic E-state index is 0.294. The van der Waals surface area contributed by atoms with Gasteiger partial charge in [0, 0.05) is 39.3 Å². The molecule has 0 radical (unpaired) electrons. The Balaban J connectivity index is 1.22. The second-order valence-electron chi connectivity index (χ2n) is 7.33. The van der Waals surface area contributed by atoms with Crippen LogP contribution < -0.4 is 0 Å². The summed E-state index contributed by atoms with van der Waals surface area (Å²) in [6.07, 6.45) is 4.81. The molecule has 4 heterocycles. The molecule has 0 saturated carbocycles. The molecule has 7 nitrogen and oxygen atoms in total. The van der Waals surface area contributed by atoms with Crippen molar-refractivity contribution in [3.05, 3.63) is 23.4 Å². The molecule has 2 aromatic rings. The number of carbonyl (C=O) groups is 1. The summed E-state index contributed by atoms with van der Waals surface area (Å²) in [5.74, 6) is 1.55. The molecule has 0 bridgehead atoms. The van der Waals surface area contributed by atoms with Crippen LogP contribution in [-0.4, -0.2) is 76.6 Å². The van der Waals surface area contributed by atoms with E-state index in [1.54, 1.807) is 11.3 Å². The monoisotopic (exact) mass is 389 g/mol. The van der Waals surface area contributed by atoms with Gasteiger partial charge >= 0.3 is 0 Å². The van der Waals surface area contributed by atoms with Crippen LogP contribution in [0.25, 0.3) is 10.8 Å². The first kappa shape index (κ1) is 18.6. The molecule has 2 fully saturated rings. The number of amides is 1. The Labute approximate surface area is 164 Å². The average Bonchev–Trinajstić information content (AvgIpc) is 3.29. The summed E-state index contributed by atoms with van der Waals surface area (Å²) in [5, 5.41) is 10.3. The molecule has 0 spiro atoms. The molecular weight excluding hydrogens is 362 g/mol. The van der Waals surface area contributed by atoms with Gasteiger partial charge in [0.1, 0.15) is 0 Å². The van der Waals surface area contributed by atoms with Crippen LogP contribution in [-0.2, 0) is 11.3 Å². The number of likely N-dealkylation sites (tertiary alicyclic amines) is 1. The lowest BCUT2D eigenvalue weighted by Gasteiger charge is -2.34. The van der Waals surface area contributed by atoms with Crippen LogP contribution in [0.1, 0.15) is 31.6 Å². The molecule has 2 aliphatic heterocycles. The van der Waals surface area contributed by atoms with Gasteiger partial charge in [0.25, 0.3) is 5.89 Å². The highest BCUT2D eigenvalue weighted by molar-refractivity contribution is 7.13. The van der Waals surface area contributed by atoms with E-state index in [1.807, 2.05) is 17.5 Å². The fourth-order valence-electron chi connectivity index (χ4n) is 3.73. The molecular formula is C19H27N5O2S. The minimum Gasteiger partial charge on any atom is -0.419 e. The summed E-state index contributed by atoms with van der Waals surface area (Å²) in [7, 11) is 0. The Morgan fingerprint density at radius 1 is 1.00 bits per heavy atom. The number of carbonyl (C=O) groups excluding carboxylic acids is 1. The fraction of sp³-hybridized carbons (Fsp3) is 0.632. The van der Waals surface area contributed by atoms with Crippen LogP contribution in [0.3, 0.4) is 0 Å². The molecule has 0 N–H and O–H groups in total. The van der Waals surface area contributed by atoms with Gasteiger partial charge in [-0.2, -0.15) is 0 Å². The Kier molecular flexibility index (Phi) is 6.16. The number of piperazine rings is 1. The van der Waals surface area contributed by atoms with Gasteiger partial charge in [0.15, 0.2) is 0 Å². The van der Waals surface area contributed by atoms with E-state index in [0.717, 1.165) is 57.0 Å². The number of rotatable bonds is 5. The number of aromatic nitrogens is 2. The fourth-order valence-corrected chi connectivity index (χ4v) is 4.37. The summed E-state index contributed by atoms with van der Waals surface area (Å²) in [4.78, 5) is 20.2. The number of hydrogen-bond donors (Lipinski definition) is 0. The van der Waals surface area contributed by atoms with Gasteiger partial charge in [0.05, 0.1) is 18.0 Å². The van der Waals surface area contributed by atoms with E-state index in [2.05, 4.69) is 24.9 Å². The predicted molar refractivity (Wildman–Crippen MR) is 104 cm³/mol. The number of hydrogen-bond acceptors (Lipinski definition) is 7. The summed E-state index contributed by atoms with van der Waals surface area (Å²) in [6.45, 7) is 6.75. The zero-order valence-electron chi connectivity index (χ0n) is 15.7. The number of nitrogens with zero attached hydrogens (tertiary/aromatic N) is 5. The maximum atomic E-state index is 12.5. The number of thiophene rings is 1. The summed E-state index contributed by atoms with van der Waals surface area (Å²) < 4.78 is 5.79. The second kappa shape index (κ2) is 8.95. The van der Waals surface area contributed by atoms with Crippen molar-refractivity contribution >= 4 is 17.2 Å². The molecule has 0 atom stereocenters. The third kappa shape index (κ3) is 4.94. The molecule has 0 unspecified atom stereocenters. The summed E-state index contributed by atoms with van der Waals surface area (Å²) >= 11 is 1.60. The normalized spacial score (nSPS) is 19.9. The highest BCUT2D eigenvalue weighted by atomic mass is 32.1. The maximum Gasteiger partial charge on any atom is 0.257 e. The van der Waals surface area contributed by atoms with Crippen LogP contribution in [0.4, 0.5) is 0 Å². The molecule has 8 heteroatoms. The van der Waals surface area contributed by atoms with Crippen molar-refractivity contribution in [1.82, 2.24) is 24.9 Å². The van der Waals surface area contributed by atoms with Crippen molar-refractivity contribution in [2.75, 3.05) is 45.8 Å². The SMILES string of the molecule is O=C(CN1CCN(Cc2nnc(-c3cccs3)o2)CC1)N1CCCCCC1. The first-order chi connectivity index (χ1) is 13.3. The smallest absolute Gasteiger partial charge is 0.257 e. The molecule has 27 heavy (non-hydrogen) atoms. The first-order valence-corrected chi connectivity index (χ1v) is 10.7. The highest BCUT2D eigenvalue weighted by Gasteiger charge is 2.23. The Morgan fingerprint density at radius 2 is 1.74 bits per heavy atom. The zero-order chi connectivity index (χ0) is 18.5. The summed E-state index contributed by atoms with van der Waals surface area (Å²) in [6, 6.07) is 3.97. The van der Waals surface area contributed by atoms with E-state index >= 15 is 0 Å². The third-order valence-corrected chi connectivity index (χ3v) is 6.20. The van der Waals surface area contributed by atoms with Gasteiger partial charge in [-0.15, -0.1) is 21.5 Å². The van der Waals surface area contributed by atoms with Crippen LogP contribution in [0.2, 0.25) is 0 Å². The van der Waals surface area contributed by atoms with Crippen LogP contribution >= 0.6 is 11.3 Å². The maximum absolute atomic E-state index is 12.5. The van der Waals surface area contributed by atoms with Crippen molar-refractivity contribution in [2.45, 2.75) is 32.2 Å². The lowest BCUT2D eigenvalue weighted by molar-refractivity contribution is -0.132. The Hall–Kier alpha value is -1.77. The predicted octanol–water partition coefficient (Wildman–Crippen LogP) is 2.32. The zero-order valence-corrected chi connectivity index (χ0v) is 16.5. The van der Waals surface area contributed by atoms with E-state index in [0.29, 0.717) is 30.8 Å². The van der Waals surface area contributed by atoms with Gasteiger partial charge in [0.2, 0.25) is 11.8 Å². The van der Waals surface area contributed by atoms with Gasteiger partial charge < -0.3 is 9.32 Å².